The molecule has 1 N–H and O–H groups in total. The van der Waals surface area contributed by atoms with Crippen LogP contribution in [-0.2, 0) is 9.59 Å². The Hall–Kier alpha value is -1.18. The summed E-state index contributed by atoms with van der Waals surface area (Å²) in [5.41, 5.74) is 1.97. The second-order valence-electron chi connectivity index (χ2n) is 4.07. The van der Waals surface area contributed by atoms with Crippen LogP contribution in [0.25, 0.3) is 5.57 Å². The maximum atomic E-state index is 12.3. The molecule has 2 aliphatic rings. The third-order valence-electron chi connectivity index (χ3n) is 2.95. The van der Waals surface area contributed by atoms with Crippen molar-refractivity contribution in [1.29, 1.82) is 0 Å². The van der Waals surface area contributed by atoms with Gasteiger partial charge in [0.15, 0.2) is 0 Å². The molecule has 1 saturated heterocycles. The van der Waals surface area contributed by atoms with E-state index in [4.69, 9.17) is 12.2 Å². The molecule has 2 amide bonds. The predicted molar refractivity (Wildman–Crippen MR) is 82.8 cm³/mol. The van der Waals surface area contributed by atoms with E-state index in [-0.39, 0.29) is 11.8 Å². The van der Waals surface area contributed by atoms with E-state index in [0.717, 1.165) is 27.5 Å². The summed E-state index contributed by atoms with van der Waals surface area (Å²) in [6.07, 6.45) is 0. The smallest absolute Gasteiger partial charge is 0.264 e. The third-order valence-corrected chi connectivity index (χ3v) is 4.68. The summed E-state index contributed by atoms with van der Waals surface area (Å²) in [5.74, 6) is -0.491. The number of likely N-dealkylation sites (N-methyl/N-ethyl adjacent to an activating group) is 1. The molecule has 0 unspecified atom stereocenters. The highest BCUT2D eigenvalue weighted by atomic mass is 79.9. The molecular weight excluding hydrogens is 348 g/mol. The zero-order chi connectivity index (χ0) is 13.7. The van der Waals surface area contributed by atoms with Gasteiger partial charge in [0.05, 0.1) is 16.2 Å². The standard InChI is InChI=1S/C12H7BrN2O2S2/c1-15-7-3-2-5(13)4-6(7)8(11(15)17)9-10(16)14-12(18)19-9/h2-4H,1H3,(H,14,16,18)/b9-8-. The van der Waals surface area contributed by atoms with E-state index < -0.39 is 0 Å². The molecule has 3 rings (SSSR count). The van der Waals surface area contributed by atoms with E-state index in [1.54, 1.807) is 11.9 Å². The topological polar surface area (TPSA) is 49.4 Å². The number of rotatable bonds is 0. The number of nitrogens with one attached hydrogen (secondary N) is 1. The summed E-state index contributed by atoms with van der Waals surface area (Å²) in [6.45, 7) is 0. The first-order valence-electron chi connectivity index (χ1n) is 5.34. The molecule has 2 heterocycles. The number of thiocarbonyl (C=S) groups is 1. The van der Waals surface area contributed by atoms with Crippen LogP contribution < -0.4 is 10.2 Å². The molecule has 0 aromatic heterocycles. The van der Waals surface area contributed by atoms with Crippen molar-refractivity contribution in [2.75, 3.05) is 11.9 Å². The Morgan fingerprint density at radius 1 is 1.37 bits per heavy atom. The zero-order valence-electron chi connectivity index (χ0n) is 9.69. The van der Waals surface area contributed by atoms with Crippen LogP contribution in [0.3, 0.4) is 0 Å². The number of nitrogens with zero attached hydrogens (tertiary/aromatic N) is 1. The number of benzene rings is 1. The van der Waals surface area contributed by atoms with Gasteiger partial charge in [-0.15, -0.1) is 0 Å². The average molecular weight is 355 g/mol. The lowest BCUT2D eigenvalue weighted by Gasteiger charge is -2.08. The normalized spacial score (nSPS) is 22.0. The number of halogens is 1. The average Bonchev–Trinajstić information content (AvgIpc) is 2.78. The summed E-state index contributed by atoms with van der Waals surface area (Å²) in [6, 6.07) is 5.55. The molecule has 0 aliphatic carbocycles. The lowest BCUT2D eigenvalue weighted by atomic mass is 10.1. The van der Waals surface area contributed by atoms with E-state index in [1.165, 1.54) is 0 Å². The second-order valence-corrected chi connectivity index (χ2v) is 6.68. The zero-order valence-corrected chi connectivity index (χ0v) is 12.9. The third kappa shape index (κ3) is 1.92. The highest BCUT2D eigenvalue weighted by Crippen LogP contribution is 2.42. The molecule has 4 nitrogen and oxygen atoms in total. The van der Waals surface area contributed by atoms with E-state index >= 15 is 0 Å². The second kappa shape index (κ2) is 4.43. The number of hydrogen-bond donors (Lipinski definition) is 1. The maximum Gasteiger partial charge on any atom is 0.264 e. The van der Waals surface area contributed by atoms with Crippen molar-refractivity contribution in [2.45, 2.75) is 0 Å². The molecule has 0 saturated carbocycles. The van der Waals surface area contributed by atoms with Gasteiger partial charge in [0, 0.05) is 17.1 Å². The van der Waals surface area contributed by atoms with Gasteiger partial charge in [0.1, 0.15) is 4.32 Å². The Balaban J connectivity index is 2.27. The molecular formula is C12H7BrN2O2S2. The summed E-state index contributed by atoms with van der Waals surface area (Å²) in [4.78, 5) is 26.1. The fourth-order valence-corrected chi connectivity index (χ4v) is 3.57. The highest BCUT2D eigenvalue weighted by Gasteiger charge is 2.37. The van der Waals surface area contributed by atoms with Crippen molar-refractivity contribution in [1.82, 2.24) is 5.32 Å². The number of hydrogen-bond acceptors (Lipinski definition) is 4. The van der Waals surface area contributed by atoms with Crippen molar-refractivity contribution in [3.05, 3.63) is 33.1 Å². The van der Waals surface area contributed by atoms with Gasteiger partial charge in [0.2, 0.25) is 0 Å². The van der Waals surface area contributed by atoms with E-state index in [0.29, 0.717) is 14.8 Å². The number of fused-ring (bicyclic) bond motifs is 1. The molecule has 96 valence electrons. The van der Waals surface area contributed by atoms with Crippen molar-refractivity contribution < 1.29 is 9.59 Å². The molecule has 2 aliphatic heterocycles. The first-order valence-corrected chi connectivity index (χ1v) is 7.36. The van der Waals surface area contributed by atoms with Gasteiger partial charge >= 0.3 is 0 Å². The van der Waals surface area contributed by atoms with Crippen LogP contribution in [0, 0.1) is 0 Å². The minimum Gasteiger partial charge on any atom is -0.311 e. The minimum absolute atomic E-state index is 0.185. The van der Waals surface area contributed by atoms with Crippen molar-refractivity contribution in [3.8, 4) is 0 Å². The van der Waals surface area contributed by atoms with E-state index in [2.05, 4.69) is 21.2 Å². The largest absolute Gasteiger partial charge is 0.311 e. The minimum atomic E-state index is -0.306. The fourth-order valence-electron chi connectivity index (χ4n) is 2.09. The first-order chi connectivity index (χ1) is 8.99. The SMILES string of the molecule is CN1C(=O)/C(=C2\SC(=S)NC2=O)c2cc(Br)ccc21. The number of carbonyl (C=O) groups excluding carboxylic acids is 2. The Kier molecular flexibility index (Phi) is 2.99. The Bertz CT molecular complexity index is 684. The monoisotopic (exact) mass is 354 g/mol. The van der Waals surface area contributed by atoms with Crippen LogP contribution in [0.15, 0.2) is 27.6 Å². The van der Waals surface area contributed by atoms with Gasteiger partial charge in [0.25, 0.3) is 11.8 Å². The van der Waals surface area contributed by atoms with Gasteiger partial charge in [-0.2, -0.15) is 0 Å². The molecule has 1 fully saturated rings. The molecule has 1 aromatic carbocycles. The van der Waals surface area contributed by atoms with Crippen LogP contribution in [-0.4, -0.2) is 23.2 Å². The lowest BCUT2D eigenvalue weighted by Crippen LogP contribution is -2.22. The summed E-state index contributed by atoms with van der Waals surface area (Å²) in [7, 11) is 1.69. The fraction of sp³-hybridized carbons (Fsp3) is 0.0833. The summed E-state index contributed by atoms with van der Waals surface area (Å²) < 4.78 is 1.24. The maximum absolute atomic E-state index is 12.3. The van der Waals surface area contributed by atoms with Crippen LogP contribution in [0.2, 0.25) is 0 Å². The van der Waals surface area contributed by atoms with Crippen molar-refractivity contribution >= 4 is 67.3 Å². The lowest BCUT2D eigenvalue weighted by molar-refractivity contribution is -0.116. The molecule has 19 heavy (non-hydrogen) atoms. The molecule has 7 heteroatoms. The highest BCUT2D eigenvalue weighted by molar-refractivity contribution is 9.10. The summed E-state index contributed by atoms with van der Waals surface area (Å²) in [5, 5.41) is 2.54. The summed E-state index contributed by atoms with van der Waals surface area (Å²) >= 11 is 9.48. The molecule has 0 atom stereocenters. The molecule has 0 radical (unpaired) electrons. The van der Waals surface area contributed by atoms with Gasteiger partial charge < -0.3 is 10.2 Å². The number of carbonyl (C=O) groups is 2. The Morgan fingerprint density at radius 2 is 2.11 bits per heavy atom. The van der Waals surface area contributed by atoms with Crippen LogP contribution in [0.1, 0.15) is 5.56 Å². The van der Waals surface area contributed by atoms with Crippen molar-refractivity contribution in [3.63, 3.8) is 0 Å². The first kappa shape index (κ1) is 12.8. The van der Waals surface area contributed by atoms with E-state index in [1.807, 2.05) is 18.2 Å². The number of amides is 2. The van der Waals surface area contributed by atoms with Crippen molar-refractivity contribution in [2.24, 2.45) is 0 Å². The molecule has 0 bridgehead atoms. The quantitative estimate of drug-likeness (QED) is 0.573. The predicted octanol–water partition coefficient (Wildman–Crippen LogP) is 2.28. The van der Waals surface area contributed by atoms with Gasteiger partial charge in [-0.05, 0) is 18.2 Å². The molecule has 1 aromatic rings. The van der Waals surface area contributed by atoms with Gasteiger partial charge in [-0.1, -0.05) is 39.9 Å². The van der Waals surface area contributed by atoms with Crippen LogP contribution in [0.4, 0.5) is 5.69 Å². The van der Waals surface area contributed by atoms with Crippen LogP contribution >= 0.6 is 39.9 Å². The molecule has 0 spiro atoms. The Labute approximate surface area is 127 Å². The van der Waals surface area contributed by atoms with Gasteiger partial charge in [-0.25, -0.2) is 0 Å². The van der Waals surface area contributed by atoms with E-state index in [9.17, 15) is 9.59 Å². The van der Waals surface area contributed by atoms with Gasteiger partial charge in [-0.3, -0.25) is 9.59 Å². The number of anilines is 1. The Morgan fingerprint density at radius 3 is 2.74 bits per heavy atom. The number of thioether (sulfide) groups is 1. The van der Waals surface area contributed by atoms with Crippen LogP contribution in [0.5, 0.6) is 0 Å².